The van der Waals surface area contributed by atoms with Crippen LogP contribution in [0.5, 0.6) is 0 Å². The molecule has 0 aliphatic carbocycles. The number of carbonyl (C=O) groups excluding carboxylic acids is 1. The molecular weight excluding hydrogens is 284 g/mol. The summed E-state index contributed by atoms with van der Waals surface area (Å²) in [7, 11) is -3.06. The molecule has 0 aromatic carbocycles. The number of hydrogen-bond acceptors (Lipinski definition) is 5. The van der Waals surface area contributed by atoms with E-state index in [1.165, 1.54) is 0 Å². The third-order valence-electron chi connectivity index (χ3n) is 3.34. The Balaban J connectivity index is 1.81. The maximum atomic E-state index is 11.9. The second kappa shape index (κ2) is 6.00. The molecule has 1 aromatic rings. The fourth-order valence-corrected chi connectivity index (χ4v) is 3.60. The highest BCUT2D eigenvalue weighted by Crippen LogP contribution is 2.29. The van der Waals surface area contributed by atoms with Crippen LogP contribution in [0.1, 0.15) is 30.2 Å². The molecule has 0 spiro atoms. The van der Waals surface area contributed by atoms with E-state index in [0.29, 0.717) is 19.0 Å². The minimum Gasteiger partial charge on any atom is -0.343 e. The number of amides is 1. The van der Waals surface area contributed by atoms with E-state index in [-0.39, 0.29) is 18.1 Å². The lowest BCUT2D eigenvalue weighted by molar-refractivity contribution is -0.131. The molecule has 2 rings (SSSR count). The summed E-state index contributed by atoms with van der Waals surface area (Å²) in [5, 5.41) is 3.11. The van der Waals surface area contributed by atoms with Gasteiger partial charge in [0.15, 0.2) is 0 Å². The van der Waals surface area contributed by atoms with Gasteiger partial charge in [0.05, 0.1) is 10.8 Å². The highest BCUT2D eigenvalue weighted by atomic mass is 32.2. The van der Waals surface area contributed by atoms with Gasteiger partial charge in [0.1, 0.15) is 9.84 Å². The minimum absolute atomic E-state index is 0.0528. The van der Waals surface area contributed by atoms with Crippen LogP contribution in [0, 0.1) is 0 Å². The molecule has 0 N–H and O–H groups in total. The molecule has 0 saturated carbocycles. The van der Waals surface area contributed by atoms with Gasteiger partial charge in [-0.05, 0) is 12.8 Å². The third kappa shape index (κ3) is 4.28. The van der Waals surface area contributed by atoms with Crippen molar-refractivity contribution in [3.8, 4) is 0 Å². The van der Waals surface area contributed by atoms with E-state index in [1.807, 2.05) is 11.6 Å². The largest absolute Gasteiger partial charge is 0.343 e. The van der Waals surface area contributed by atoms with Crippen LogP contribution in [0.2, 0.25) is 0 Å². The van der Waals surface area contributed by atoms with E-state index in [9.17, 15) is 13.2 Å². The molecule has 1 aliphatic rings. The summed E-state index contributed by atoms with van der Waals surface area (Å²) < 4.78 is 22.1. The van der Waals surface area contributed by atoms with Crippen molar-refractivity contribution in [1.82, 2.24) is 9.88 Å². The third-order valence-corrected chi connectivity index (χ3v) is 5.22. The maximum Gasteiger partial charge on any atom is 0.223 e. The number of piperidine rings is 1. The first-order valence-corrected chi connectivity index (χ1v) is 9.24. The second-order valence-electron chi connectivity index (χ2n) is 4.91. The Hall–Kier alpha value is -0.950. The molecule has 2 heterocycles. The van der Waals surface area contributed by atoms with Gasteiger partial charge in [-0.1, -0.05) is 0 Å². The molecule has 0 radical (unpaired) electrons. The Morgan fingerprint density at radius 2 is 2.16 bits per heavy atom. The number of likely N-dealkylation sites (tertiary alicyclic amines) is 1. The Morgan fingerprint density at radius 1 is 1.47 bits per heavy atom. The van der Waals surface area contributed by atoms with Crippen LogP contribution >= 0.6 is 11.3 Å². The van der Waals surface area contributed by atoms with Gasteiger partial charge >= 0.3 is 0 Å². The topological polar surface area (TPSA) is 67.3 Å². The summed E-state index contributed by atoms with van der Waals surface area (Å²) in [6.07, 6.45) is 4.90. The molecule has 7 heteroatoms. The zero-order valence-electron chi connectivity index (χ0n) is 10.9. The van der Waals surface area contributed by atoms with E-state index < -0.39 is 9.84 Å². The number of hydrogen-bond donors (Lipinski definition) is 0. The van der Waals surface area contributed by atoms with Crippen molar-refractivity contribution in [2.75, 3.05) is 25.1 Å². The Bertz CT molecular complexity index is 517. The molecule has 1 aliphatic heterocycles. The van der Waals surface area contributed by atoms with Crippen LogP contribution in [-0.2, 0) is 14.6 Å². The molecule has 0 unspecified atom stereocenters. The highest BCUT2D eigenvalue weighted by Gasteiger charge is 2.25. The first-order chi connectivity index (χ1) is 8.96. The monoisotopic (exact) mass is 302 g/mol. The Labute approximate surface area is 117 Å². The van der Waals surface area contributed by atoms with Crippen molar-refractivity contribution in [1.29, 1.82) is 0 Å². The van der Waals surface area contributed by atoms with Crippen molar-refractivity contribution in [2.24, 2.45) is 0 Å². The molecule has 106 valence electrons. The van der Waals surface area contributed by atoms with Gasteiger partial charge in [-0.25, -0.2) is 13.4 Å². The first kappa shape index (κ1) is 14.5. The predicted octanol–water partition coefficient (Wildman–Crippen LogP) is 1.28. The lowest BCUT2D eigenvalue weighted by Crippen LogP contribution is -2.38. The molecule has 1 fully saturated rings. The number of sulfone groups is 1. The van der Waals surface area contributed by atoms with Gasteiger partial charge in [-0.3, -0.25) is 4.79 Å². The number of aromatic nitrogens is 1. The van der Waals surface area contributed by atoms with Gasteiger partial charge in [-0.15, -0.1) is 11.3 Å². The van der Waals surface area contributed by atoms with Crippen LogP contribution in [-0.4, -0.2) is 49.3 Å². The predicted molar refractivity (Wildman–Crippen MR) is 75.0 cm³/mol. The SMILES string of the molecule is CS(=O)(=O)CCC(=O)N1CCC(c2nccs2)CC1. The average molecular weight is 302 g/mol. The minimum atomic E-state index is -3.06. The summed E-state index contributed by atoms with van der Waals surface area (Å²) in [6.45, 7) is 1.40. The van der Waals surface area contributed by atoms with Gasteiger partial charge in [-0.2, -0.15) is 0 Å². The van der Waals surface area contributed by atoms with E-state index >= 15 is 0 Å². The lowest BCUT2D eigenvalue weighted by Gasteiger charge is -2.31. The van der Waals surface area contributed by atoms with Gasteiger partial charge in [0, 0.05) is 43.3 Å². The fourth-order valence-electron chi connectivity index (χ4n) is 2.24. The van der Waals surface area contributed by atoms with Crippen LogP contribution in [0.3, 0.4) is 0 Å². The average Bonchev–Trinajstić information content (AvgIpc) is 2.89. The summed E-state index contributed by atoms with van der Waals surface area (Å²) in [4.78, 5) is 18.0. The maximum absolute atomic E-state index is 11.9. The second-order valence-corrected chi connectivity index (χ2v) is 8.09. The van der Waals surface area contributed by atoms with Crippen molar-refractivity contribution in [2.45, 2.75) is 25.2 Å². The van der Waals surface area contributed by atoms with E-state index in [4.69, 9.17) is 0 Å². The van der Waals surface area contributed by atoms with Crippen LogP contribution < -0.4 is 0 Å². The zero-order chi connectivity index (χ0) is 13.9. The summed E-state index contributed by atoms with van der Waals surface area (Å²) in [5.41, 5.74) is 0. The smallest absolute Gasteiger partial charge is 0.223 e. The van der Waals surface area contributed by atoms with Gasteiger partial charge in [0.25, 0.3) is 0 Å². The summed E-state index contributed by atoms with van der Waals surface area (Å²) in [5.74, 6) is 0.333. The lowest BCUT2D eigenvalue weighted by atomic mass is 9.97. The van der Waals surface area contributed by atoms with Crippen LogP contribution in [0.25, 0.3) is 0 Å². The van der Waals surface area contributed by atoms with Crippen molar-refractivity contribution >= 4 is 27.1 Å². The van der Waals surface area contributed by atoms with Crippen molar-refractivity contribution in [3.05, 3.63) is 16.6 Å². The Morgan fingerprint density at radius 3 is 2.68 bits per heavy atom. The van der Waals surface area contributed by atoms with Crippen LogP contribution in [0.15, 0.2) is 11.6 Å². The van der Waals surface area contributed by atoms with E-state index in [2.05, 4.69) is 4.98 Å². The first-order valence-electron chi connectivity index (χ1n) is 6.30. The number of thiazole rings is 1. The number of rotatable bonds is 4. The number of nitrogens with zero attached hydrogens (tertiary/aromatic N) is 2. The fraction of sp³-hybridized carbons (Fsp3) is 0.667. The van der Waals surface area contributed by atoms with E-state index in [0.717, 1.165) is 24.1 Å². The molecule has 0 atom stereocenters. The molecule has 5 nitrogen and oxygen atoms in total. The Kier molecular flexibility index (Phi) is 4.57. The van der Waals surface area contributed by atoms with Crippen molar-refractivity contribution < 1.29 is 13.2 Å². The molecule has 1 saturated heterocycles. The standard InChI is InChI=1S/C12H18N2O3S2/c1-19(16,17)9-4-11(15)14-6-2-10(3-7-14)12-13-5-8-18-12/h5,8,10H,2-4,6-7,9H2,1H3. The quantitative estimate of drug-likeness (QED) is 0.840. The molecule has 1 amide bonds. The van der Waals surface area contributed by atoms with Crippen molar-refractivity contribution in [3.63, 3.8) is 0 Å². The normalized spacial score (nSPS) is 17.6. The molecule has 1 aromatic heterocycles. The summed E-state index contributed by atoms with van der Waals surface area (Å²) >= 11 is 1.66. The van der Waals surface area contributed by atoms with Crippen LogP contribution in [0.4, 0.5) is 0 Å². The van der Waals surface area contributed by atoms with Gasteiger partial charge in [0.2, 0.25) is 5.91 Å². The summed E-state index contributed by atoms with van der Waals surface area (Å²) in [6, 6.07) is 0. The highest BCUT2D eigenvalue weighted by molar-refractivity contribution is 7.90. The molecule has 19 heavy (non-hydrogen) atoms. The van der Waals surface area contributed by atoms with E-state index in [1.54, 1.807) is 16.2 Å². The number of carbonyl (C=O) groups is 1. The molecular formula is C12H18N2O3S2. The van der Waals surface area contributed by atoms with Gasteiger partial charge < -0.3 is 4.90 Å². The molecule has 0 bridgehead atoms. The zero-order valence-corrected chi connectivity index (χ0v) is 12.5.